The van der Waals surface area contributed by atoms with Gasteiger partial charge in [-0.15, -0.1) is 0 Å². The van der Waals surface area contributed by atoms with Gasteiger partial charge in [-0.05, 0) is 32.0 Å². The summed E-state index contributed by atoms with van der Waals surface area (Å²) in [5, 5.41) is 6.06. The Bertz CT molecular complexity index is 630. The maximum Gasteiger partial charge on any atom is 0.258 e. The summed E-state index contributed by atoms with van der Waals surface area (Å²) >= 11 is 6.02. The monoisotopic (exact) mass is 290 g/mol. The summed E-state index contributed by atoms with van der Waals surface area (Å²) < 4.78 is 0. The van der Waals surface area contributed by atoms with Crippen molar-refractivity contribution in [2.24, 2.45) is 0 Å². The highest BCUT2D eigenvalue weighted by Gasteiger charge is 2.12. The van der Waals surface area contributed by atoms with Crippen molar-refractivity contribution in [3.8, 4) is 0 Å². The van der Waals surface area contributed by atoms with Crippen LogP contribution in [0.1, 0.15) is 23.0 Å². The molecule has 0 saturated heterocycles. The average molecular weight is 291 g/mol. The molecule has 6 heteroatoms. The number of halogens is 1. The highest BCUT2D eigenvalue weighted by atomic mass is 35.5. The van der Waals surface area contributed by atoms with E-state index in [0.29, 0.717) is 22.2 Å². The van der Waals surface area contributed by atoms with Crippen LogP contribution in [0, 0.1) is 6.92 Å². The standard InChI is InChI=1S/C14H15ClN4O/c1-3-16-13-7-10(11(15)8-17-13)14(20)19-12-6-4-5-9(2)18-12/h4-8H,3H2,1-2H3,(H,16,17)(H,18,19,20). The SMILES string of the molecule is CCNc1cc(C(=O)Nc2cccc(C)n2)c(Cl)cn1. The Morgan fingerprint density at radius 1 is 1.35 bits per heavy atom. The van der Waals surface area contributed by atoms with Crippen molar-refractivity contribution >= 4 is 29.1 Å². The van der Waals surface area contributed by atoms with E-state index in [2.05, 4.69) is 20.6 Å². The highest BCUT2D eigenvalue weighted by molar-refractivity contribution is 6.34. The summed E-state index contributed by atoms with van der Waals surface area (Å²) in [7, 11) is 0. The zero-order valence-corrected chi connectivity index (χ0v) is 12.0. The maximum atomic E-state index is 12.2. The van der Waals surface area contributed by atoms with E-state index in [4.69, 9.17) is 11.6 Å². The lowest BCUT2D eigenvalue weighted by Crippen LogP contribution is -2.14. The summed E-state index contributed by atoms with van der Waals surface area (Å²) in [6.07, 6.45) is 1.46. The number of carbonyl (C=O) groups excluding carboxylic acids is 1. The molecule has 0 bridgehead atoms. The maximum absolute atomic E-state index is 12.2. The molecule has 0 saturated carbocycles. The highest BCUT2D eigenvalue weighted by Crippen LogP contribution is 2.19. The molecule has 0 spiro atoms. The number of carbonyl (C=O) groups is 1. The van der Waals surface area contributed by atoms with Gasteiger partial charge in [0.25, 0.3) is 5.91 Å². The van der Waals surface area contributed by atoms with Crippen molar-refractivity contribution in [3.05, 3.63) is 46.7 Å². The van der Waals surface area contributed by atoms with Gasteiger partial charge < -0.3 is 10.6 Å². The molecule has 0 fully saturated rings. The van der Waals surface area contributed by atoms with Gasteiger partial charge in [-0.2, -0.15) is 0 Å². The fourth-order valence-electron chi connectivity index (χ4n) is 1.69. The molecule has 5 nitrogen and oxygen atoms in total. The molecule has 2 rings (SSSR count). The predicted octanol–water partition coefficient (Wildman–Crippen LogP) is 3.12. The molecule has 0 atom stereocenters. The number of hydrogen-bond acceptors (Lipinski definition) is 4. The number of rotatable bonds is 4. The molecule has 2 heterocycles. The Kier molecular flexibility index (Phi) is 4.53. The number of aromatic nitrogens is 2. The van der Waals surface area contributed by atoms with Gasteiger partial charge in [0.1, 0.15) is 11.6 Å². The van der Waals surface area contributed by atoms with Gasteiger partial charge >= 0.3 is 0 Å². The zero-order chi connectivity index (χ0) is 14.5. The number of hydrogen-bond donors (Lipinski definition) is 2. The number of anilines is 2. The Labute approximate surface area is 122 Å². The van der Waals surface area contributed by atoms with E-state index in [0.717, 1.165) is 12.2 Å². The van der Waals surface area contributed by atoms with E-state index in [1.807, 2.05) is 26.0 Å². The first-order chi connectivity index (χ1) is 9.60. The van der Waals surface area contributed by atoms with Crippen LogP contribution in [0.4, 0.5) is 11.6 Å². The first kappa shape index (κ1) is 14.3. The molecule has 0 aliphatic rings. The van der Waals surface area contributed by atoms with E-state index in [-0.39, 0.29) is 5.91 Å². The molecular weight excluding hydrogens is 276 g/mol. The molecule has 104 valence electrons. The van der Waals surface area contributed by atoms with Crippen molar-refractivity contribution in [3.63, 3.8) is 0 Å². The Morgan fingerprint density at radius 2 is 2.15 bits per heavy atom. The van der Waals surface area contributed by atoms with Gasteiger partial charge in [-0.3, -0.25) is 4.79 Å². The second-order valence-corrected chi connectivity index (χ2v) is 4.61. The summed E-state index contributed by atoms with van der Waals surface area (Å²) in [5.41, 5.74) is 1.19. The van der Waals surface area contributed by atoms with Gasteiger partial charge in [0, 0.05) is 18.4 Å². The van der Waals surface area contributed by atoms with Gasteiger partial charge in [0.2, 0.25) is 0 Å². The lowest BCUT2D eigenvalue weighted by Gasteiger charge is -2.08. The topological polar surface area (TPSA) is 66.9 Å². The minimum absolute atomic E-state index is 0.303. The van der Waals surface area contributed by atoms with E-state index in [1.54, 1.807) is 12.1 Å². The van der Waals surface area contributed by atoms with E-state index in [1.165, 1.54) is 6.20 Å². The van der Waals surface area contributed by atoms with Crippen LogP contribution in [0.2, 0.25) is 5.02 Å². The van der Waals surface area contributed by atoms with Crippen molar-refractivity contribution in [2.45, 2.75) is 13.8 Å². The molecule has 0 aromatic carbocycles. The van der Waals surface area contributed by atoms with Crippen molar-refractivity contribution in [2.75, 3.05) is 17.2 Å². The molecule has 2 aromatic heterocycles. The molecular formula is C14H15ClN4O. The van der Waals surface area contributed by atoms with Gasteiger partial charge in [0.05, 0.1) is 10.6 Å². The van der Waals surface area contributed by atoms with Crippen molar-refractivity contribution in [1.29, 1.82) is 0 Å². The van der Waals surface area contributed by atoms with Gasteiger partial charge in [-0.25, -0.2) is 9.97 Å². The summed E-state index contributed by atoms with van der Waals surface area (Å²) in [6, 6.07) is 7.04. The third kappa shape index (κ3) is 3.45. The van der Waals surface area contributed by atoms with Crippen LogP contribution in [-0.4, -0.2) is 22.4 Å². The predicted molar refractivity (Wildman–Crippen MR) is 80.3 cm³/mol. The summed E-state index contributed by atoms with van der Waals surface area (Å²) in [6.45, 7) is 4.53. The Morgan fingerprint density at radius 3 is 2.85 bits per heavy atom. The van der Waals surface area contributed by atoms with E-state index >= 15 is 0 Å². The first-order valence-electron chi connectivity index (χ1n) is 6.24. The number of amides is 1. The molecule has 0 aliphatic heterocycles. The molecule has 0 radical (unpaired) electrons. The fraction of sp³-hybridized carbons (Fsp3) is 0.214. The second-order valence-electron chi connectivity index (χ2n) is 4.20. The van der Waals surface area contributed by atoms with Crippen LogP contribution < -0.4 is 10.6 Å². The minimum atomic E-state index is -0.311. The normalized spacial score (nSPS) is 10.2. The Hall–Kier alpha value is -2.14. The Balaban J connectivity index is 2.22. The summed E-state index contributed by atoms with van der Waals surface area (Å²) in [4.78, 5) is 20.5. The van der Waals surface area contributed by atoms with Crippen LogP contribution >= 0.6 is 11.6 Å². The largest absolute Gasteiger partial charge is 0.370 e. The molecule has 2 N–H and O–H groups in total. The third-order valence-corrected chi connectivity index (χ3v) is 2.89. The van der Waals surface area contributed by atoms with Crippen LogP contribution in [0.3, 0.4) is 0 Å². The van der Waals surface area contributed by atoms with Crippen molar-refractivity contribution < 1.29 is 4.79 Å². The molecule has 2 aromatic rings. The molecule has 1 amide bonds. The van der Waals surface area contributed by atoms with E-state index in [9.17, 15) is 4.79 Å². The quantitative estimate of drug-likeness (QED) is 0.908. The molecule has 20 heavy (non-hydrogen) atoms. The van der Waals surface area contributed by atoms with Gasteiger partial charge in [-0.1, -0.05) is 17.7 Å². The lowest BCUT2D eigenvalue weighted by atomic mass is 10.2. The van der Waals surface area contributed by atoms with Crippen LogP contribution in [0.5, 0.6) is 0 Å². The first-order valence-corrected chi connectivity index (χ1v) is 6.62. The van der Waals surface area contributed by atoms with Crippen molar-refractivity contribution in [1.82, 2.24) is 9.97 Å². The zero-order valence-electron chi connectivity index (χ0n) is 11.3. The lowest BCUT2D eigenvalue weighted by molar-refractivity contribution is 0.102. The van der Waals surface area contributed by atoms with Gasteiger partial charge in [0.15, 0.2) is 0 Å². The summed E-state index contributed by atoms with van der Waals surface area (Å²) in [5.74, 6) is 0.793. The second kappa shape index (κ2) is 6.34. The smallest absolute Gasteiger partial charge is 0.258 e. The van der Waals surface area contributed by atoms with E-state index < -0.39 is 0 Å². The average Bonchev–Trinajstić information content (AvgIpc) is 2.41. The van der Waals surface area contributed by atoms with Crippen LogP contribution in [0.15, 0.2) is 30.5 Å². The fourth-order valence-corrected chi connectivity index (χ4v) is 1.88. The molecule has 0 aliphatic carbocycles. The minimum Gasteiger partial charge on any atom is -0.370 e. The molecule has 0 unspecified atom stereocenters. The van der Waals surface area contributed by atoms with Crippen LogP contribution in [-0.2, 0) is 0 Å². The van der Waals surface area contributed by atoms with Crippen LogP contribution in [0.25, 0.3) is 0 Å². The third-order valence-electron chi connectivity index (χ3n) is 2.59. The number of nitrogens with one attached hydrogen (secondary N) is 2. The number of pyridine rings is 2. The number of aryl methyl sites for hydroxylation is 1. The number of nitrogens with zero attached hydrogens (tertiary/aromatic N) is 2.